The van der Waals surface area contributed by atoms with Crippen LogP contribution in [0.4, 0.5) is 5.69 Å². The van der Waals surface area contributed by atoms with Gasteiger partial charge in [-0.1, -0.05) is 43.1 Å². The third-order valence-electron chi connectivity index (χ3n) is 3.40. The number of hydrogen-bond donors (Lipinski definition) is 0. The number of Topliss-reactive ketones (excluding diaryl/α,β-unsaturated/α-hetero) is 1. The van der Waals surface area contributed by atoms with Crippen LogP contribution in [0.25, 0.3) is 0 Å². The van der Waals surface area contributed by atoms with Gasteiger partial charge in [-0.15, -0.1) is 0 Å². The van der Waals surface area contributed by atoms with Gasteiger partial charge in [-0.3, -0.25) is 4.79 Å². The van der Waals surface area contributed by atoms with Crippen LogP contribution < -0.4 is 4.90 Å². The zero-order chi connectivity index (χ0) is 15.1. The van der Waals surface area contributed by atoms with Gasteiger partial charge in [-0.2, -0.15) is 0 Å². The van der Waals surface area contributed by atoms with Crippen molar-refractivity contribution in [3.05, 3.63) is 65.2 Å². The van der Waals surface area contributed by atoms with E-state index in [0.717, 1.165) is 25.1 Å². The molecule has 0 aromatic heterocycles. The van der Waals surface area contributed by atoms with E-state index < -0.39 is 0 Å². The number of para-hydroxylation sites is 1. The average molecular weight is 302 g/mol. The predicted molar refractivity (Wildman–Crippen MR) is 89.3 cm³/mol. The van der Waals surface area contributed by atoms with Gasteiger partial charge in [-0.05, 0) is 42.8 Å². The maximum atomic E-state index is 12.4. The van der Waals surface area contributed by atoms with Crippen molar-refractivity contribution < 1.29 is 4.79 Å². The summed E-state index contributed by atoms with van der Waals surface area (Å²) >= 11 is 5.86. The van der Waals surface area contributed by atoms with E-state index in [2.05, 4.69) is 11.8 Å². The minimum atomic E-state index is 0.117. The second-order valence-electron chi connectivity index (χ2n) is 5.04. The van der Waals surface area contributed by atoms with Crippen molar-refractivity contribution in [3.63, 3.8) is 0 Å². The van der Waals surface area contributed by atoms with Crippen LogP contribution >= 0.6 is 11.6 Å². The van der Waals surface area contributed by atoms with E-state index in [4.69, 9.17) is 11.6 Å². The minimum absolute atomic E-state index is 0.117. The van der Waals surface area contributed by atoms with E-state index in [1.54, 1.807) is 24.3 Å². The number of halogens is 1. The van der Waals surface area contributed by atoms with Crippen molar-refractivity contribution in [2.24, 2.45) is 0 Å². The molecule has 2 nitrogen and oxygen atoms in total. The molecule has 0 aliphatic carbocycles. The van der Waals surface area contributed by atoms with Gasteiger partial charge in [0.15, 0.2) is 5.78 Å². The van der Waals surface area contributed by atoms with Crippen LogP contribution in [0.15, 0.2) is 54.6 Å². The third kappa shape index (κ3) is 4.61. The Kier molecular flexibility index (Phi) is 5.82. The number of nitrogens with zero attached hydrogens (tertiary/aromatic N) is 1. The van der Waals surface area contributed by atoms with Gasteiger partial charge in [0.1, 0.15) is 0 Å². The zero-order valence-electron chi connectivity index (χ0n) is 12.3. The molecule has 0 saturated carbocycles. The Hall–Kier alpha value is -1.80. The van der Waals surface area contributed by atoms with Crippen molar-refractivity contribution in [2.45, 2.75) is 19.8 Å². The van der Waals surface area contributed by atoms with E-state index in [1.807, 2.05) is 30.3 Å². The van der Waals surface area contributed by atoms with Crippen molar-refractivity contribution in [2.75, 3.05) is 18.0 Å². The summed E-state index contributed by atoms with van der Waals surface area (Å²) in [5, 5.41) is 0.650. The van der Waals surface area contributed by atoms with Gasteiger partial charge < -0.3 is 4.90 Å². The van der Waals surface area contributed by atoms with Crippen molar-refractivity contribution in [1.82, 2.24) is 0 Å². The maximum absolute atomic E-state index is 12.4. The van der Waals surface area contributed by atoms with Gasteiger partial charge in [0, 0.05) is 22.8 Å². The molecular weight excluding hydrogens is 282 g/mol. The molecule has 2 aromatic carbocycles. The van der Waals surface area contributed by atoms with E-state index in [1.165, 1.54) is 0 Å². The number of ketones is 1. The number of carbonyl (C=O) groups is 1. The van der Waals surface area contributed by atoms with Gasteiger partial charge >= 0.3 is 0 Å². The first kappa shape index (κ1) is 15.6. The lowest BCUT2D eigenvalue weighted by molar-refractivity contribution is 0.0999. The number of benzene rings is 2. The highest BCUT2D eigenvalue weighted by atomic mass is 35.5. The number of hydrogen-bond acceptors (Lipinski definition) is 2. The fourth-order valence-corrected chi connectivity index (χ4v) is 2.31. The molecule has 21 heavy (non-hydrogen) atoms. The molecule has 3 heteroatoms. The molecule has 0 spiro atoms. The van der Waals surface area contributed by atoms with Gasteiger partial charge in [0.05, 0.1) is 6.54 Å². The number of carbonyl (C=O) groups excluding carboxylic acids is 1. The van der Waals surface area contributed by atoms with E-state index in [0.29, 0.717) is 17.1 Å². The number of anilines is 1. The van der Waals surface area contributed by atoms with Crippen LogP contribution in [-0.4, -0.2) is 18.9 Å². The Bertz CT molecular complexity index is 566. The summed E-state index contributed by atoms with van der Waals surface area (Å²) in [4.78, 5) is 14.6. The normalized spacial score (nSPS) is 10.4. The van der Waals surface area contributed by atoms with Gasteiger partial charge in [0.25, 0.3) is 0 Å². The summed E-state index contributed by atoms with van der Waals surface area (Å²) in [6.07, 6.45) is 2.18. The molecule has 2 rings (SSSR count). The third-order valence-corrected chi connectivity index (χ3v) is 3.66. The molecule has 0 fully saturated rings. The monoisotopic (exact) mass is 301 g/mol. The van der Waals surface area contributed by atoms with Crippen LogP contribution in [0.3, 0.4) is 0 Å². The first-order chi connectivity index (χ1) is 10.2. The second-order valence-corrected chi connectivity index (χ2v) is 5.48. The Balaban J connectivity index is 2.11. The summed E-state index contributed by atoms with van der Waals surface area (Å²) in [5.41, 5.74) is 1.80. The SMILES string of the molecule is CCCCN(CC(=O)c1ccc(Cl)cc1)c1ccccc1. The molecule has 0 heterocycles. The van der Waals surface area contributed by atoms with E-state index in [9.17, 15) is 4.79 Å². The lowest BCUT2D eigenvalue weighted by Crippen LogP contribution is -2.30. The molecule has 0 bridgehead atoms. The fraction of sp³-hybridized carbons (Fsp3) is 0.278. The topological polar surface area (TPSA) is 20.3 Å². The van der Waals surface area contributed by atoms with Crippen LogP contribution in [0, 0.1) is 0 Å². The minimum Gasteiger partial charge on any atom is -0.364 e. The fourth-order valence-electron chi connectivity index (χ4n) is 2.19. The standard InChI is InChI=1S/C18H20ClNO/c1-2-3-13-20(17-7-5-4-6-8-17)14-18(21)15-9-11-16(19)12-10-15/h4-12H,2-3,13-14H2,1H3. The highest BCUT2D eigenvalue weighted by molar-refractivity contribution is 6.30. The smallest absolute Gasteiger partial charge is 0.182 e. The van der Waals surface area contributed by atoms with Crippen molar-refractivity contribution in [1.29, 1.82) is 0 Å². The average Bonchev–Trinajstić information content (AvgIpc) is 2.52. The van der Waals surface area contributed by atoms with E-state index in [-0.39, 0.29) is 5.78 Å². The molecule has 0 atom stereocenters. The predicted octanol–water partition coefficient (Wildman–Crippen LogP) is 4.83. The quantitative estimate of drug-likeness (QED) is 0.683. The molecule has 0 N–H and O–H groups in total. The summed E-state index contributed by atoms with van der Waals surface area (Å²) in [6, 6.07) is 17.2. The Morgan fingerprint density at radius 2 is 1.71 bits per heavy atom. The Morgan fingerprint density at radius 3 is 2.33 bits per heavy atom. The van der Waals surface area contributed by atoms with Crippen molar-refractivity contribution >= 4 is 23.1 Å². The van der Waals surface area contributed by atoms with Gasteiger partial charge in [-0.25, -0.2) is 0 Å². The van der Waals surface area contributed by atoms with Crippen LogP contribution in [0.1, 0.15) is 30.1 Å². The number of rotatable bonds is 7. The second kappa shape index (κ2) is 7.84. The molecule has 0 saturated heterocycles. The van der Waals surface area contributed by atoms with Crippen LogP contribution in [0.2, 0.25) is 5.02 Å². The zero-order valence-corrected chi connectivity index (χ0v) is 13.0. The molecule has 0 unspecified atom stereocenters. The molecule has 110 valence electrons. The Labute approximate surface area is 131 Å². The molecular formula is C18H20ClNO. The van der Waals surface area contributed by atoms with Crippen molar-refractivity contribution in [3.8, 4) is 0 Å². The highest BCUT2D eigenvalue weighted by Gasteiger charge is 2.12. The molecule has 0 amide bonds. The lowest BCUT2D eigenvalue weighted by atomic mass is 10.1. The maximum Gasteiger partial charge on any atom is 0.182 e. The van der Waals surface area contributed by atoms with Crippen LogP contribution in [0.5, 0.6) is 0 Å². The summed E-state index contributed by atoms with van der Waals surface area (Å²) in [7, 11) is 0. The molecule has 0 aliphatic rings. The number of unbranched alkanes of at least 4 members (excludes halogenated alkanes) is 1. The largest absolute Gasteiger partial charge is 0.364 e. The highest BCUT2D eigenvalue weighted by Crippen LogP contribution is 2.16. The summed E-state index contributed by atoms with van der Waals surface area (Å²) in [5.74, 6) is 0.117. The first-order valence-corrected chi connectivity index (χ1v) is 7.67. The Morgan fingerprint density at radius 1 is 1.05 bits per heavy atom. The summed E-state index contributed by atoms with van der Waals surface area (Å²) < 4.78 is 0. The first-order valence-electron chi connectivity index (χ1n) is 7.29. The summed E-state index contributed by atoms with van der Waals surface area (Å²) in [6.45, 7) is 3.44. The lowest BCUT2D eigenvalue weighted by Gasteiger charge is -2.24. The molecule has 2 aromatic rings. The van der Waals surface area contributed by atoms with E-state index >= 15 is 0 Å². The van der Waals surface area contributed by atoms with Gasteiger partial charge in [0.2, 0.25) is 0 Å². The van der Waals surface area contributed by atoms with Crippen LogP contribution in [-0.2, 0) is 0 Å². The molecule has 0 radical (unpaired) electrons. The molecule has 0 aliphatic heterocycles.